The SMILES string of the molecule is CCNC(=NCC(CC)Oc1cccc(F)c1)NCCCOC1CCOCC1.I. The van der Waals surface area contributed by atoms with E-state index in [9.17, 15) is 4.39 Å². The summed E-state index contributed by atoms with van der Waals surface area (Å²) in [5.41, 5.74) is 0. The Hall–Kier alpha value is -1.13. The zero-order valence-electron chi connectivity index (χ0n) is 17.5. The van der Waals surface area contributed by atoms with Crippen molar-refractivity contribution in [3.8, 4) is 5.75 Å². The van der Waals surface area contributed by atoms with Gasteiger partial charge in [0.2, 0.25) is 0 Å². The number of hydrogen-bond donors (Lipinski definition) is 2. The molecule has 1 fully saturated rings. The molecule has 1 aliphatic heterocycles. The van der Waals surface area contributed by atoms with Crippen LogP contribution < -0.4 is 15.4 Å². The predicted octanol–water partition coefficient (Wildman–Crippen LogP) is 3.74. The third-order valence-electron chi connectivity index (χ3n) is 4.49. The molecule has 2 rings (SSSR count). The van der Waals surface area contributed by atoms with Crippen molar-refractivity contribution >= 4 is 29.9 Å². The van der Waals surface area contributed by atoms with Crippen LogP contribution in [0.4, 0.5) is 4.39 Å². The zero-order chi connectivity index (χ0) is 20.0. The maximum atomic E-state index is 13.3. The summed E-state index contributed by atoms with van der Waals surface area (Å²) in [7, 11) is 0. The Bertz CT molecular complexity index is 586. The van der Waals surface area contributed by atoms with Gasteiger partial charge in [-0.1, -0.05) is 13.0 Å². The van der Waals surface area contributed by atoms with Crippen LogP contribution in [0.15, 0.2) is 29.3 Å². The first kappa shape index (κ1) is 25.9. The lowest BCUT2D eigenvalue weighted by Gasteiger charge is -2.22. The number of aliphatic imine (C=N–C) groups is 1. The Morgan fingerprint density at radius 2 is 2.07 bits per heavy atom. The highest BCUT2D eigenvalue weighted by molar-refractivity contribution is 14.0. The van der Waals surface area contributed by atoms with Crippen molar-refractivity contribution in [3.05, 3.63) is 30.1 Å². The molecule has 0 aromatic heterocycles. The molecule has 29 heavy (non-hydrogen) atoms. The van der Waals surface area contributed by atoms with Crippen molar-refractivity contribution < 1.29 is 18.6 Å². The largest absolute Gasteiger partial charge is 0.488 e. The second-order valence-corrected chi connectivity index (χ2v) is 6.79. The van der Waals surface area contributed by atoms with Gasteiger partial charge in [0.15, 0.2) is 5.96 Å². The van der Waals surface area contributed by atoms with E-state index >= 15 is 0 Å². The maximum absolute atomic E-state index is 13.3. The van der Waals surface area contributed by atoms with Gasteiger partial charge in [0.1, 0.15) is 17.7 Å². The first-order valence-corrected chi connectivity index (χ1v) is 10.3. The maximum Gasteiger partial charge on any atom is 0.191 e. The summed E-state index contributed by atoms with van der Waals surface area (Å²) in [6.45, 7) is 8.48. The average molecular weight is 523 g/mol. The van der Waals surface area contributed by atoms with Crippen molar-refractivity contribution in [2.75, 3.05) is 39.5 Å². The molecule has 1 aromatic rings. The third kappa shape index (κ3) is 11.0. The molecule has 166 valence electrons. The van der Waals surface area contributed by atoms with Crippen LogP contribution in [0, 0.1) is 5.82 Å². The number of guanidine groups is 1. The average Bonchev–Trinajstić information content (AvgIpc) is 2.71. The van der Waals surface area contributed by atoms with Gasteiger partial charge >= 0.3 is 0 Å². The Kier molecular flexibility index (Phi) is 14.0. The molecular weight excluding hydrogens is 488 g/mol. The molecule has 0 radical (unpaired) electrons. The second-order valence-electron chi connectivity index (χ2n) is 6.79. The Morgan fingerprint density at radius 1 is 1.28 bits per heavy atom. The summed E-state index contributed by atoms with van der Waals surface area (Å²) in [5, 5.41) is 6.57. The van der Waals surface area contributed by atoms with Crippen molar-refractivity contribution in [2.24, 2.45) is 4.99 Å². The van der Waals surface area contributed by atoms with Gasteiger partial charge in [0, 0.05) is 39.0 Å². The Labute approximate surface area is 191 Å². The number of nitrogens with one attached hydrogen (secondary N) is 2. The van der Waals surface area contributed by atoms with E-state index in [0.717, 1.165) is 64.6 Å². The standard InChI is InChI=1S/C21H34FN3O3.HI/c1-3-18(28-20-8-5-7-17(22)15-20)16-25-21(23-4-2)24-11-6-12-27-19-9-13-26-14-10-19;/h5,7-8,15,18-19H,3-4,6,9-14,16H2,1-2H3,(H2,23,24,25);1H. The fourth-order valence-electron chi connectivity index (χ4n) is 2.89. The van der Waals surface area contributed by atoms with E-state index in [1.165, 1.54) is 12.1 Å². The smallest absolute Gasteiger partial charge is 0.191 e. The highest BCUT2D eigenvalue weighted by atomic mass is 127. The summed E-state index contributed by atoms with van der Waals surface area (Å²) in [5.74, 6) is 0.994. The molecule has 2 N–H and O–H groups in total. The van der Waals surface area contributed by atoms with Gasteiger partial charge in [-0.3, -0.25) is 0 Å². The number of benzene rings is 1. The Morgan fingerprint density at radius 3 is 2.76 bits per heavy atom. The van der Waals surface area contributed by atoms with E-state index in [0.29, 0.717) is 18.4 Å². The second kappa shape index (κ2) is 15.7. The lowest BCUT2D eigenvalue weighted by Crippen LogP contribution is -2.39. The summed E-state index contributed by atoms with van der Waals surface area (Å²) >= 11 is 0. The van der Waals surface area contributed by atoms with E-state index in [4.69, 9.17) is 14.2 Å². The molecule has 0 aliphatic carbocycles. The fraction of sp³-hybridized carbons (Fsp3) is 0.667. The van der Waals surface area contributed by atoms with Gasteiger partial charge in [0.05, 0.1) is 12.6 Å². The van der Waals surface area contributed by atoms with Crippen molar-refractivity contribution in [2.45, 2.75) is 51.7 Å². The number of nitrogens with zero attached hydrogens (tertiary/aromatic N) is 1. The van der Waals surface area contributed by atoms with Crippen LogP contribution >= 0.6 is 24.0 Å². The number of ether oxygens (including phenoxy) is 3. The van der Waals surface area contributed by atoms with Crippen LogP contribution in [0.3, 0.4) is 0 Å². The van der Waals surface area contributed by atoms with Crippen LogP contribution in [-0.2, 0) is 9.47 Å². The summed E-state index contributed by atoms with van der Waals surface area (Å²) in [6, 6.07) is 6.21. The molecule has 1 heterocycles. The lowest BCUT2D eigenvalue weighted by molar-refractivity contribution is -0.0320. The molecular formula is C21H35FIN3O3. The van der Waals surface area contributed by atoms with Crippen molar-refractivity contribution in [3.63, 3.8) is 0 Å². The van der Waals surface area contributed by atoms with Gasteiger partial charge in [-0.2, -0.15) is 0 Å². The summed E-state index contributed by atoms with van der Waals surface area (Å²) < 4.78 is 30.4. The van der Waals surface area contributed by atoms with Crippen LogP contribution in [0.1, 0.15) is 39.5 Å². The summed E-state index contributed by atoms with van der Waals surface area (Å²) in [6.07, 6.45) is 3.91. The molecule has 8 heteroatoms. The minimum atomic E-state index is -0.297. The molecule has 1 unspecified atom stereocenters. The van der Waals surface area contributed by atoms with E-state index < -0.39 is 0 Å². The number of halogens is 2. The highest BCUT2D eigenvalue weighted by Gasteiger charge is 2.13. The highest BCUT2D eigenvalue weighted by Crippen LogP contribution is 2.15. The predicted molar refractivity (Wildman–Crippen MR) is 125 cm³/mol. The van der Waals surface area contributed by atoms with E-state index in [1.807, 2.05) is 13.8 Å². The molecule has 0 bridgehead atoms. The van der Waals surface area contributed by atoms with E-state index in [1.54, 1.807) is 12.1 Å². The first-order valence-electron chi connectivity index (χ1n) is 10.3. The van der Waals surface area contributed by atoms with Gasteiger partial charge < -0.3 is 24.8 Å². The van der Waals surface area contributed by atoms with Gasteiger partial charge in [0.25, 0.3) is 0 Å². The quantitative estimate of drug-likeness (QED) is 0.200. The van der Waals surface area contributed by atoms with E-state index in [2.05, 4.69) is 15.6 Å². The lowest BCUT2D eigenvalue weighted by atomic mass is 10.1. The molecule has 1 aliphatic rings. The summed E-state index contributed by atoms with van der Waals surface area (Å²) in [4.78, 5) is 4.61. The van der Waals surface area contributed by atoms with Crippen molar-refractivity contribution in [1.29, 1.82) is 0 Å². The van der Waals surface area contributed by atoms with Crippen LogP contribution in [-0.4, -0.2) is 57.6 Å². The number of hydrogen-bond acceptors (Lipinski definition) is 4. The molecule has 1 saturated heterocycles. The van der Waals surface area contributed by atoms with Gasteiger partial charge in [-0.25, -0.2) is 9.38 Å². The van der Waals surface area contributed by atoms with E-state index in [-0.39, 0.29) is 35.9 Å². The Balaban J connectivity index is 0.00000420. The minimum absolute atomic E-state index is 0. The fourth-order valence-corrected chi connectivity index (χ4v) is 2.89. The molecule has 0 saturated carbocycles. The topological polar surface area (TPSA) is 64.1 Å². The molecule has 1 aromatic carbocycles. The molecule has 0 amide bonds. The monoisotopic (exact) mass is 523 g/mol. The number of rotatable bonds is 11. The molecule has 0 spiro atoms. The van der Waals surface area contributed by atoms with Crippen LogP contribution in [0.25, 0.3) is 0 Å². The first-order chi connectivity index (χ1) is 13.7. The van der Waals surface area contributed by atoms with Gasteiger partial charge in [-0.15, -0.1) is 24.0 Å². The van der Waals surface area contributed by atoms with Crippen molar-refractivity contribution in [1.82, 2.24) is 10.6 Å². The third-order valence-corrected chi connectivity index (χ3v) is 4.49. The molecule has 1 atom stereocenters. The van der Waals surface area contributed by atoms with Crippen LogP contribution in [0.2, 0.25) is 0 Å². The minimum Gasteiger partial charge on any atom is -0.488 e. The molecule has 6 nitrogen and oxygen atoms in total. The van der Waals surface area contributed by atoms with Gasteiger partial charge in [-0.05, 0) is 44.7 Å². The normalized spacial score (nSPS) is 16.0. The van der Waals surface area contributed by atoms with Crippen LogP contribution in [0.5, 0.6) is 5.75 Å². The zero-order valence-corrected chi connectivity index (χ0v) is 19.8.